The van der Waals surface area contributed by atoms with Gasteiger partial charge in [-0.2, -0.15) is 13.2 Å². The number of anilines is 1. The van der Waals surface area contributed by atoms with E-state index in [0.717, 1.165) is 38.3 Å². The highest BCUT2D eigenvalue weighted by molar-refractivity contribution is 5.50. The van der Waals surface area contributed by atoms with Gasteiger partial charge in [-0.05, 0) is 24.3 Å². The molecular weight excluding hydrogens is 309 g/mol. The van der Waals surface area contributed by atoms with Crippen LogP contribution in [0.4, 0.5) is 19.0 Å². The lowest BCUT2D eigenvalue weighted by Crippen LogP contribution is -2.44. The molecule has 2 heterocycles. The van der Waals surface area contributed by atoms with E-state index in [1.54, 1.807) is 6.20 Å². The number of rotatable bonds is 3. The van der Waals surface area contributed by atoms with Crippen molar-refractivity contribution in [3.8, 4) is 11.6 Å². The molecule has 1 aliphatic heterocycles. The van der Waals surface area contributed by atoms with E-state index in [1.165, 1.54) is 18.3 Å². The zero-order valence-electron chi connectivity index (χ0n) is 12.2. The number of alkyl halides is 3. The predicted octanol–water partition coefficient (Wildman–Crippen LogP) is 2.70. The molecule has 1 aliphatic rings. The summed E-state index contributed by atoms with van der Waals surface area (Å²) < 4.78 is 43.4. The molecule has 0 saturated carbocycles. The molecule has 1 aromatic heterocycles. The van der Waals surface area contributed by atoms with Gasteiger partial charge in [-0.15, -0.1) is 0 Å². The Bertz CT molecular complexity index is 655. The number of ether oxygens (including phenoxy) is 1. The lowest BCUT2D eigenvalue weighted by molar-refractivity contribution is -0.137. The third kappa shape index (κ3) is 3.70. The summed E-state index contributed by atoms with van der Waals surface area (Å²) in [5.41, 5.74) is -0.716. The van der Waals surface area contributed by atoms with E-state index in [-0.39, 0.29) is 11.6 Å². The molecule has 1 saturated heterocycles. The van der Waals surface area contributed by atoms with Crippen molar-refractivity contribution in [1.29, 1.82) is 0 Å². The molecule has 8 heteroatoms. The van der Waals surface area contributed by atoms with Gasteiger partial charge in [0.05, 0.1) is 5.56 Å². The van der Waals surface area contributed by atoms with Crippen LogP contribution in [0.3, 0.4) is 0 Å². The lowest BCUT2D eigenvalue weighted by Gasteiger charge is -2.28. The first-order valence-electron chi connectivity index (χ1n) is 7.16. The van der Waals surface area contributed by atoms with E-state index in [1.807, 2.05) is 4.90 Å². The fourth-order valence-corrected chi connectivity index (χ4v) is 2.31. The Kier molecular flexibility index (Phi) is 4.33. The summed E-state index contributed by atoms with van der Waals surface area (Å²) in [5, 5.41) is 3.24. The molecule has 5 nitrogen and oxygen atoms in total. The number of nitrogens with one attached hydrogen (secondary N) is 1. The van der Waals surface area contributed by atoms with Crippen LogP contribution in [0.2, 0.25) is 0 Å². The fourth-order valence-electron chi connectivity index (χ4n) is 2.31. The number of aromatic nitrogens is 2. The van der Waals surface area contributed by atoms with Crippen LogP contribution in [0.15, 0.2) is 36.7 Å². The highest BCUT2D eigenvalue weighted by atomic mass is 19.4. The molecule has 0 unspecified atom stereocenters. The topological polar surface area (TPSA) is 50.3 Å². The minimum absolute atomic E-state index is 0.286. The van der Waals surface area contributed by atoms with Crippen molar-refractivity contribution in [2.45, 2.75) is 6.18 Å². The van der Waals surface area contributed by atoms with E-state index in [4.69, 9.17) is 4.74 Å². The van der Waals surface area contributed by atoms with Crippen LogP contribution >= 0.6 is 0 Å². The summed E-state index contributed by atoms with van der Waals surface area (Å²) in [6.45, 7) is 3.19. The lowest BCUT2D eigenvalue weighted by atomic mass is 10.2. The smallest absolute Gasteiger partial charge is 0.416 e. The SMILES string of the molecule is FC(F)(F)c1ccc(Oc2nccnc2N2CCNCC2)cc1. The summed E-state index contributed by atoms with van der Waals surface area (Å²) in [4.78, 5) is 10.5. The van der Waals surface area contributed by atoms with Gasteiger partial charge in [0.25, 0.3) is 5.88 Å². The molecule has 0 amide bonds. The molecular formula is C15H15F3N4O. The van der Waals surface area contributed by atoms with E-state index in [0.29, 0.717) is 5.82 Å². The number of hydrogen-bond donors (Lipinski definition) is 1. The van der Waals surface area contributed by atoms with Crippen LogP contribution in [-0.2, 0) is 6.18 Å². The highest BCUT2D eigenvalue weighted by Crippen LogP contribution is 2.32. The summed E-state index contributed by atoms with van der Waals surface area (Å²) in [7, 11) is 0. The molecule has 0 radical (unpaired) electrons. The minimum Gasteiger partial charge on any atom is -0.436 e. The van der Waals surface area contributed by atoms with Crippen LogP contribution in [0.5, 0.6) is 11.6 Å². The highest BCUT2D eigenvalue weighted by Gasteiger charge is 2.30. The monoisotopic (exact) mass is 324 g/mol. The quantitative estimate of drug-likeness (QED) is 0.941. The maximum atomic E-state index is 12.6. The fraction of sp³-hybridized carbons (Fsp3) is 0.333. The average Bonchev–Trinajstić information content (AvgIpc) is 2.56. The largest absolute Gasteiger partial charge is 0.436 e. The maximum Gasteiger partial charge on any atom is 0.416 e. The number of halogens is 3. The molecule has 0 atom stereocenters. The van der Waals surface area contributed by atoms with Crippen molar-refractivity contribution in [1.82, 2.24) is 15.3 Å². The number of nitrogens with zero attached hydrogens (tertiary/aromatic N) is 3. The van der Waals surface area contributed by atoms with Gasteiger partial charge in [0.15, 0.2) is 5.82 Å². The molecule has 1 aromatic carbocycles. The standard InChI is InChI=1S/C15H15F3N4O/c16-15(17,18)11-1-3-12(4-2-11)23-14-13(20-5-6-21-14)22-9-7-19-8-10-22/h1-6,19H,7-10H2. The molecule has 122 valence electrons. The second-order valence-corrected chi connectivity index (χ2v) is 5.05. The van der Waals surface area contributed by atoms with Crippen LogP contribution in [-0.4, -0.2) is 36.1 Å². The molecule has 0 bridgehead atoms. The zero-order chi connectivity index (χ0) is 16.3. The molecule has 2 aromatic rings. The van der Waals surface area contributed by atoms with Crippen molar-refractivity contribution >= 4 is 5.82 Å². The second kappa shape index (κ2) is 6.41. The van der Waals surface area contributed by atoms with Crippen LogP contribution in [0.25, 0.3) is 0 Å². The van der Waals surface area contributed by atoms with Gasteiger partial charge in [0, 0.05) is 38.6 Å². The average molecular weight is 324 g/mol. The zero-order valence-corrected chi connectivity index (χ0v) is 12.2. The normalized spacial score (nSPS) is 15.5. The van der Waals surface area contributed by atoms with E-state index < -0.39 is 11.7 Å². The summed E-state index contributed by atoms with van der Waals surface area (Å²) in [5.74, 6) is 1.16. The van der Waals surface area contributed by atoms with Crippen molar-refractivity contribution in [2.75, 3.05) is 31.1 Å². The molecule has 1 N–H and O–H groups in total. The molecule has 23 heavy (non-hydrogen) atoms. The van der Waals surface area contributed by atoms with E-state index in [2.05, 4.69) is 15.3 Å². The summed E-state index contributed by atoms with van der Waals surface area (Å²) >= 11 is 0. The molecule has 0 aliphatic carbocycles. The minimum atomic E-state index is -4.36. The summed E-state index contributed by atoms with van der Waals surface area (Å²) in [6, 6.07) is 4.52. The third-order valence-corrected chi connectivity index (χ3v) is 3.46. The van der Waals surface area contributed by atoms with Crippen LogP contribution < -0.4 is 15.0 Å². The third-order valence-electron chi connectivity index (χ3n) is 3.46. The summed E-state index contributed by atoms with van der Waals surface area (Å²) in [6.07, 6.45) is -1.31. The Morgan fingerprint density at radius 2 is 1.65 bits per heavy atom. The number of piperazine rings is 1. The Morgan fingerprint density at radius 1 is 1.00 bits per heavy atom. The van der Waals surface area contributed by atoms with Crippen LogP contribution in [0.1, 0.15) is 5.56 Å². The van der Waals surface area contributed by atoms with Gasteiger partial charge in [-0.3, -0.25) is 0 Å². The Hall–Kier alpha value is -2.35. The number of benzene rings is 1. The Morgan fingerprint density at radius 3 is 2.30 bits per heavy atom. The Balaban J connectivity index is 1.80. The first kappa shape index (κ1) is 15.5. The van der Waals surface area contributed by atoms with Gasteiger partial charge < -0.3 is 15.0 Å². The van der Waals surface area contributed by atoms with Gasteiger partial charge in [0.1, 0.15) is 5.75 Å². The van der Waals surface area contributed by atoms with Crippen molar-refractivity contribution in [3.05, 3.63) is 42.2 Å². The van der Waals surface area contributed by atoms with E-state index in [9.17, 15) is 13.2 Å². The molecule has 1 fully saturated rings. The van der Waals surface area contributed by atoms with Gasteiger partial charge in [-0.25, -0.2) is 9.97 Å². The first-order valence-corrected chi connectivity index (χ1v) is 7.16. The van der Waals surface area contributed by atoms with Gasteiger partial charge >= 0.3 is 6.18 Å². The van der Waals surface area contributed by atoms with E-state index >= 15 is 0 Å². The van der Waals surface area contributed by atoms with Crippen molar-refractivity contribution < 1.29 is 17.9 Å². The van der Waals surface area contributed by atoms with Gasteiger partial charge in [0.2, 0.25) is 0 Å². The van der Waals surface area contributed by atoms with Crippen molar-refractivity contribution in [3.63, 3.8) is 0 Å². The van der Waals surface area contributed by atoms with Crippen LogP contribution in [0, 0.1) is 0 Å². The molecule has 0 spiro atoms. The van der Waals surface area contributed by atoms with Crippen molar-refractivity contribution in [2.24, 2.45) is 0 Å². The predicted molar refractivity (Wildman–Crippen MR) is 78.6 cm³/mol. The molecule has 3 rings (SSSR count). The second-order valence-electron chi connectivity index (χ2n) is 5.05. The van der Waals surface area contributed by atoms with Gasteiger partial charge in [-0.1, -0.05) is 0 Å². The number of hydrogen-bond acceptors (Lipinski definition) is 5. The first-order chi connectivity index (χ1) is 11.0. The maximum absolute atomic E-state index is 12.6. The Labute approximate surface area is 131 Å².